The van der Waals surface area contributed by atoms with Crippen molar-refractivity contribution in [2.75, 3.05) is 6.61 Å². The van der Waals surface area contributed by atoms with Crippen LogP contribution in [0.25, 0.3) is 11.0 Å². The molecule has 1 atom stereocenters. The molecule has 0 saturated carbocycles. The molecule has 4 nitrogen and oxygen atoms in total. The third-order valence-corrected chi connectivity index (χ3v) is 3.67. The summed E-state index contributed by atoms with van der Waals surface area (Å²) in [5.74, 6) is 1.19. The maximum absolute atomic E-state index is 11.7. The van der Waals surface area contributed by atoms with Crippen LogP contribution in [-0.2, 0) is 4.74 Å². The quantitative estimate of drug-likeness (QED) is 0.685. The van der Waals surface area contributed by atoms with E-state index in [0.29, 0.717) is 18.1 Å². The molecule has 0 fully saturated rings. The zero-order valence-corrected chi connectivity index (χ0v) is 11.6. The summed E-state index contributed by atoms with van der Waals surface area (Å²) in [5, 5.41) is 0. The van der Waals surface area contributed by atoms with E-state index in [1.807, 2.05) is 12.1 Å². The van der Waals surface area contributed by atoms with Gasteiger partial charge in [-0.1, -0.05) is 12.2 Å². The van der Waals surface area contributed by atoms with Crippen LogP contribution in [0.5, 0.6) is 0 Å². The third kappa shape index (κ3) is 2.46. The molecule has 0 spiro atoms. The van der Waals surface area contributed by atoms with Gasteiger partial charge in [-0.3, -0.25) is 0 Å². The Balaban J connectivity index is 1.91. The second-order valence-corrected chi connectivity index (χ2v) is 5.06. The molecular formula is C16H18N2O2. The number of ether oxygens (including phenoxy) is 1. The Morgan fingerprint density at radius 3 is 3.10 bits per heavy atom. The highest BCUT2D eigenvalue weighted by Gasteiger charge is 2.17. The number of nitrogens with one attached hydrogen (secondary N) is 1. The number of nitrogens with zero attached hydrogens (tertiary/aromatic N) is 1. The Morgan fingerprint density at radius 2 is 2.35 bits per heavy atom. The smallest absolute Gasteiger partial charge is 0.338 e. The van der Waals surface area contributed by atoms with E-state index in [1.165, 1.54) is 0 Å². The summed E-state index contributed by atoms with van der Waals surface area (Å²) in [6.45, 7) is 2.20. The van der Waals surface area contributed by atoms with E-state index in [1.54, 1.807) is 13.0 Å². The summed E-state index contributed by atoms with van der Waals surface area (Å²) in [6.07, 6.45) is 7.70. The highest BCUT2D eigenvalue weighted by atomic mass is 16.5. The van der Waals surface area contributed by atoms with Crippen molar-refractivity contribution in [1.29, 1.82) is 0 Å². The molecule has 1 aliphatic rings. The average Bonchev–Trinajstić information content (AvgIpc) is 2.91. The van der Waals surface area contributed by atoms with Crippen molar-refractivity contribution in [2.45, 2.75) is 32.1 Å². The van der Waals surface area contributed by atoms with Gasteiger partial charge >= 0.3 is 5.97 Å². The standard InChI is InChI=1S/C16H18N2O2/c1-2-20-16(19)12-8-9-13-14(10-12)18-15(17-13)11-6-4-3-5-7-11/h3-4,8-11H,2,5-7H2,1H3,(H,17,18). The van der Waals surface area contributed by atoms with Gasteiger partial charge in [0.05, 0.1) is 23.2 Å². The summed E-state index contributed by atoms with van der Waals surface area (Å²) in [6, 6.07) is 5.47. The molecule has 0 amide bonds. The summed E-state index contributed by atoms with van der Waals surface area (Å²) in [4.78, 5) is 19.7. The number of H-pyrrole nitrogens is 1. The Morgan fingerprint density at radius 1 is 1.45 bits per heavy atom. The van der Waals surface area contributed by atoms with Gasteiger partial charge in [-0.25, -0.2) is 9.78 Å². The molecule has 1 heterocycles. The van der Waals surface area contributed by atoms with E-state index in [0.717, 1.165) is 36.1 Å². The van der Waals surface area contributed by atoms with Crippen LogP contribution in [-0.4, -0.2) is 22.5 Å². The lowest BCUT2D eigenvalue weighted by Crippen LogP contribution is -2.04. The minimum atomic E-state index is -0.286. The van der Waals surface area contributed by atoms with Gasteiger partial charge in [0.1, 0.15) is 5.82 Å². The maximum Gasteiger partial charge on any atom is 0.338 e. The van der Waals surface area contributed by atoms with E-state index >= 15 is 0 Å². The number of hydrogen-bond donors (Lipinski definition) is 1. The molecule has 0 bridgehead atoms. The van der Waals surface area contributed by atoms with Crippen LogP contribution in [0.15, 0.2) is 30.4 Å². The molecule has 2 aromatic rings. The molecular weight excluding hydrogens is 252 g/mol. The minimum absolute atomic E-state index is 0.286. The van der Waals surface area contributed by atoms with E-state index in [9.17, 15) is 4.79 Å². The van der Waals surface area contributed by atoms with Crippen molar-refractivity contribution in [1.82, 2.24) is 9.97 Å². The monoisotopic (exact) mass is 270 g/mol. The summed E-state index contributed by atoms with van der Waals surface area (Å²) in [7, 11) is 0. The fraction of sp³-hybridized carbons (Fsp3) is 0.375. The maximum atomic E-state index is 11.7. The molecule has 20 heavy (non-hydrogen) atoms. The van der Waals surface area contributed by atoms with Crippen molar-refractivity contribution in [3.8, 4) is 0 Å². The Kier molecular flexibility index (Phi) is 3.54. The summed E-state index contributed by atoms with van der Waals surface area (Å²) < 4.78 is 5.02. The largest absolute Gasteiger partial charge is 0.462 e. The van der Waals surface area contributed by atoms with Gasteiger partial charge in [0.2, 0.25) is 0 Å². The first-order chi connectivity index (χ1) is 9.78. The summed E-state index contributed by atoms with van der Waals surface area (Å²) in [5.41, 5.74) is 2.38. The Bertz CT molecular complexity index is 658. The van der Waals surface area contributed by atoms with Gasteiger partial charge in [0.25, 0.3) is 0 Å². The van der Waals surface area contributed by atoms with Gasteiger partial charge < -0.3 is 9.72 Å². The molecule has 1 unspecified atom stereocenters. The van der Waals surface area contributed by atoms with Crippen molar-refractivity contribution in [3.05, 3.63) is 41.7 Å². The first kappa shape index (κ1) is 12.9. The van der Waals surface area contributed by atoms with Crippen molar-refractivity contribution in [2.24, 2.45) is 0 Å². The van der Waals surface area contributed by atoms with Crippen LogP contribution in [0.3, 0.4) is 0 Å². The van der Waals surface area contributed by atoms with Gasteiger partial charge in [-0.15, -0.1) is 0 Å². The van der Waals surface area contributed by atoms with Crippen LogP contribution in [0.4, 0.5) is 0 Å². The lowest BCUT2D eigenvalue weighted by atomic mass is 9.94. The molecule has 104 valence electrons. The molecule has 1 N–H and O–H groups in total. The molecule has 0 radical (unpaired) electrons. The number of allylic oxidation sites excluding steroid dienone is 2. The number of carbonyl (C=O) groups is 1. The molecule has 3 rings (SSSR count). The van der Waals surface area contributed by atoms with Crippen LogP contribution >= 0.6 is 0 Å². The second-order valence-electron chi connectivity index (χ2n) is 5.06. The topological polar surface area (TPSA) is 55.0 Å². The summed E-state index contributed by atoms with van der Waals surface area (Å²) >= 11 is 0. The van der Waals surface area contributed by atoms with Crippen LogP contribution in [0, 0.1) is 0 Å². The van der Waals surface area contributed by atoms with Crippen LogP contribution in [0.2, 0.25) is 0 Å². The fourth-order valence-corrected chi connectivity index (χ4v) is 2.61. The van der Waals surface area contributed by atoms with Gasteiger partial charge in [-0.05, 0) is 44.4 Å². The fourth-order valence-electron chi connectivity index (χ4n) is 2.61. The normalized spacial score (nSPS) is 18.4. The number of aromatic amines is 1. The number of aromatic nitrogens is 2. The second kappa shape index (κ2) is 5.49. The highest BCUT2D eigenvalue weighted by Crippen LogP contribution is 2.28. The number of imidazole rings is 1. The lowest BCUT2D eigenvalue weighted by Gasteiger charge is -2.14. The molecule has 1 aromatic heterocycles. The van der Waals surface area contributed by atoms with Crippen molar-refractivity contribution in [3.63, 3.8) is 0 Å². The first-order valence-corrected chi connectivity index (χ1v) is 7.09. The van der Waals surface area contributed by atoms with Gasteiger partial charge in [0, 0.05) is 5.92 Å². The van der Waals surface area contributed by atoms with Crippen molar-refractivity contribution < 1.29 is 9.53 Å². The van der Waals surface area contributed by atoms with Gasteiger partial charge in [0.15, 0.2) is 0 Å². The average molecular weight is 270 g/mol. The molecule has 1 aliphatic carbocycles. The van der Waals surface area contributed by atoms with E-state index in [-0.39, 0.29) is 5.97 Å². The molecule has 1 aromatic carbocycles. The number of carbonyl (C=O) groups excluding carboxylic acids is 1. The number of esters is 1. The molecule has 4 heteroatoms. The Hall–Kier alpha value is -2.10. The predicted octanol–water partition coefficient (Wildman–Crippen LogP) is 3.56. The highest BCUT2D eigenvalue weighted by molar-refractivity contribution is 5.93. The number of benzene rings is 1. The Labute approximate surface area is 117 Å². The number of rotatable bonds is 3. The zero-order chi connectivity index (χ0) is 13.9. The SMILES string of the molecule is CCOC(=O)c1ccc2nc(C3CC=CCC3)[nH]c2c1. The lowest BCUT2D eigenvalue weighted by molar-refractivity contribution is 0.0526. The minimum Gasteiger partial charge on any atom is -0.462 e. The molecule has 0 aliphatic heterocycles. The third-order valence-electron chi connectivity index (χ3n) is 3.67. The number of hydrogen-bond acceptors (Lipinski definition) is 3. The van der Waals surface area contributed by atoms with Crippen molar-refractivity contribution >= 4 is 17.0 Å². The van der Waals surface area contributed by atoms with E-state index in [2.05, 4.69) is 22.1 Å². The molecule has 0 saturated heterocycles. The zero-order valence-electron chi connectivity index (χ0n) is 11.6. The van der Waals surface area contributed by atoms with Gasteiger partial charge in [-0.2, -0.15) is 0 Å². The van der Waals surface area contributed by atoms with E-state index in [4.69, 9.17) is 4.74 Å². The van der Waals surface area contributed by atoms with Crippen LogP contribution < -0.4 is 0 Å². The first-order valence-electron chi connectivity index (χ1n) is 7.09. The predicted molar refractivity (Wildman–Crippen MR) is 77.8 cm³/mol. The van der Waals surface area contributed by atoms with E-state index < -0.39 is 0 Å². The van der Waals surface area contributed by atoms with Crippen LogP contribution in [0.1, 0.15) is 48.3 Å². The number of fused-ring (bicyclic) bond motifs is 1.